The van der Waals surface area contributed by atoms with Crippen LogP contribution in [0.4, 0.5) is 16.2 Å². The minimum Gasteiger partial charge on any atom is -0.481 e. The van der Waals surface area contributed by atoms with Crippen molar-refractivity contribution in [2.75, 3.05) is 16.8 Å². The Labute approximate surface area is 244 Å². The van der Waals surface area contributed by atoms with Gasteiger partial charge in [0.15, 0.2) is 6.61 Å². The van der Waals surface area contributed by atoms with Crippen LogP contribution in [0.15, 0.2) is 69.1 Å². The van der Waals surface area contributed by atoms with Gasteiger partial charge in [-0.15, -0.1) is 0 Å². The topological polar surface area (TPSA) is 105 Å². The molecule has 4 rings (SSSR count). The average Bonchev–Trinajstić information content (AvgIpc) is 2.85. The minimum absolute atomic E-state index is 0.251. The van der Waals surface area contributed by atoms with Gasteiger partial charge in [0.25, 0.3) is 17.7 Å². The lowest BCUT2D eigenvalue weighted by atomic mass is 10.1. The first-order valence-electron chi connectivity index (χ1n) is 10.9. The molecular weight excluding hydrogens is 665 g/mol. The molecule has 1 aliphatic heterocycles. The summed E-state index contributed by atoms with van der Waals surface area (Å²) >= 11 is 18.8. The molecule has 194 valence electrons. The second-order valence-corrected chi connectivity index (χ2v) is 10.6. The van der Waals surface area contributed by atoms with Gasteiger partial charge < -0.3 is 10.1 Å². The van der Waals surface area contributed by atoms with Crippen LogP contribution in [-0.2, 0) is 14.4 Å². The summed E-state index contributed by atoms with van der Waals surface area (Å²) in [6, 6.07) is 13.8. The van der Waals surface area contributed by atoms with Crippen LogP contribution in [0.1, 0.15) is 11.1 Å². The number of benzene rings is 3. The summed E-state index contributed by atoms with van der Waals surface area (Å²) in [4.78, 5) is 51.5. The van der Waals surface area contributed by atoms with E-state index in [2.05, 4.69) is 42.5 Å². The molecule has 0 saturated carbocycles. The number of ether oxygens (including phenoxy) is 1. The summed E-state index contributed by atoms with van der Waals surface area (Å²) in [6.07, 6.45) is 1.35. The number of carbonyl (C=O) groups is 4. The number of hydrogen-bond donors (Lipinski definition) is 2. The van der Waals surface area contributed by atoms with Crippen molar-refractivity contribution in [3.63, 3.8) is 0 Å². The lowest BCUT2D eigenvalue weighted by molar-refractivity contribution is -0.122. The van der Waals surface area contributed by atoms with Crippen LogP contribution >= 0.6 is 55.1 Å². The van der Waals surface area contributed by atoms with E-state index >= 15 is 0 Å². The quantitative estimate of drug-likeness (QED) is 0.228. The van der Waals surface area contributed by atoms with E-state index in [-0.39, 0.29) is 23.8 Å². The highest BCUT2D eigenvalue weighted by atomic mass is 79.9. The Morgan fingerprint density at radius 3 is 2.37 bits per heavy atom. The van der Waals surface area contributed by atoms with E-state index in [9.17, 15) is 19.2 Å². The summed E-state index contributed by atoms with van der Waals surface area (Å²) in [5.74, 6) is -1.68. The van der Waals surface area contributed by atoms with Crippen LogP contribution in [0.3, 0.4) is 0 Å². The number of carbonyl (C=O) groups excluding carboxylic acids is 4. The van der Waals surface area contributed by atoms with Gasteiger partial charge in [-0.25, -0.2) is 9.69 Å². The molecule has 12 heteroatoms. The van der Waals surface area contributed by atoms with Crippen molar-refractivity contribution >= 4 is 96.3 Å². The third kappa shape index (κ3) is 6.10. The highest BCUT2D eigenvalue weighted by Gasteiger charge is 2.37. The van der Waals surface area contributed by atoms with Gasteiger partial charge in [0, 0.05) is 15.7 Å². The number of rotatable bonds is 6. The Morgan fingerprint density at radius 2 is 1.71 bits per heavy atom. The molecule has 1 heterocycles. The van der Waals surface area contributed by atoms with Crippen LogP contribution in [0, 0.1) is 6.92 Å². The normalized spacial score (nSPS) is 14.5. The van der Waals surface area contributed by atoms with E-state index in [0.717, 1.165) is 4.90 Å². The molecule has 0 spiro atoms. The number of nitrogens with one attached hydrogen (secondary N) is 2. The third-order valence-corrected chi connectivity index (χ3v) is 7.23. The van der Waals surface area contributed by atoms with Crippen molar-refractivity contribution in [1.82, 2.24) is 5.32 Å². The molecule has 3 aromatic carbocycles. The molecule has 0 atom stereocenters. The number of imide groups is 2. The number of halogens is 4. The molecule has 1 fully saturated rings. The first-order valence-corrected chi connectivity index (χ1v) is 13.2. The lowest BCUT2D eigenvalue weighted by Gasteiger charge is -2.27. The Kier molecular flexibility index (Phi) is 8.57. The Bertz CT molecular complexity index is 1490. The standard InChI is InChI=1S/C26H17Br2Cl2N3O5/c1-13-20(30)3-2-4-21(13)33-25(36)17(24(35)32-26(33)37)9-14-10-18(27)23(19(28)11-14)38-12-22(34)31-16-7-5-15(29)6-8-16/h2-11H,12H2,1H3,(H,31,34)(H,32,35,37)/b17-9+. The van der Waals surface area contributed by atoms with Crippen molar-refractivity contribution in [3.05, 3.63) is 90.3 Å². The number of urea groups is 1. The van der Waals surface area contributed by atoms with Crippen molar-refractivity contribution < 1.29 is 23.9 Å². The van der Waals surface area contributed by atoms with Gasteiger partial charge >= 0.3 is 6.03 Å². The van der Waals surface area contributed by atoms with Gasteiger partial charge in [-0.2, -0.15) is 0 Å². The van der Waals surface area contributed by atoms with Gasteiger partial charge in [-0.05, 0) is 105 Å². The molecule has 0 radical (unpaired) electrons. The molecule has 3 aromatic rings. The fourth-order valence-corrected chi connectivity index (χ4v) is 5.30. The van der Waals surface area contributed by atoms with E-state index < -0.39 is 17.8 Å². The lowest BCUT2D eigenvalue weighted by Crippen LogP contribution is -2.54. The highest BCUT2D eigenvalue weighted by Crippen LogP contribution is 2.36. The average molecular weight is 682 g/mol. The maximum atomic E-state index is 13.2. The fourth-order valence-electron chi connectivity index (χ4n) is 3.55. The minimum atomic E-state index is -0.870. The van der Waals surface area contributed by atoms with Crippen LogP contribution in [0.5, 0.6) is 5.75 Å². The molecule has 2 N–H and O–H groups in total. The smallest absolute Gasteiger partial charge is 0.335 e. The summed E-state index contributed by atoms with van der Waals surface area (Å²) in [5, 5.41) is 5.81. The Morgan fingerprint density at radius 1 is 1.05 bits per heavy atom. The molecule has 38 heavy (non-hydrogen) atoms. The maximum absolute atomic E-state index is 13.2. The van der Waals surface area contributed by atoms with Crippen LogP contribution < -0.4 is 20.3 Å². The zero-order valence-electron chi connectivity index (χ0n) is 19.5. The van der Waals surface area contributed by atoms with Gasteiger partial charge in [0.1, 0.15) is 11.3 Å². The third-order valence-electron chi connectivity index (χ3n) is 5.39. The summed E-state index contributed by atoms with van der Waals surface area (Å²) < 4.78 is 6.58. The first kappa shape index (κ1) is 27.8. The zero-order valence-corrected chi connectivity index (χ0v) is 24.2. The summed E-state index contributed by atoms with van der Waals surface area (Å²) in [7, 11) is 0. The molecule has 1 aliphatic rings. The van der Waals surface area contributed by atoms with E-state index in [0.29, 0.717) is 41.6 Å². The second-order valence-electron chi connectivity index (χ2n) is 8.00. The van der Waals surface area contributed by atoms with E-state index in [1.807, 2.05) is 0 Å². The van der Waals surface area contributed by atoms with Gasteiger partial charge in [0.2, 0.25) is 0 Å². The molecule has 0 bridgehead atoms. The monoisotopic (exact) mass is 679 g/mol. The zero-order chi connectivity index (χ0) is 27.6. The Hall–Kier alpha value is -3.18. The number of barbiturate groups is 1. The molecule has 0 aliphatic carbocycles. The van der Waals surface area contributed by atoms with Crippen LogP contribution in [0.25, 0.3) is 6.08 Å². The summed E-state index contributed by atoms with van der Waals surface area (Å²) in [6.45, 7) is 1.39. The summed E-state index contributed by atoms with van der Waals surface area (Å²) in [5.41, 5.74) is 1.55. The van der Waals surface area contributed by atoms with Crippen LogP contribution in [-0.4, -0.2) is 30.4 Å². The van der Waals surface area contributed by atoms with Crippen molar-refractivity contribution in [2.45, 2.75) is 6.92 Å². The fraction of sp³-hybridized carbons (Fsp3) is 0.0769. The molecular formula is C26H17Br2Cl2N3O5. The van der Waals surface area contributed by atoms with Crippen LogP contribution in [0.2, 0.25) is 10.0 Å². The SMILES string of the molecule is Cc1c(Cl)cccc1N1C(=O)NC(=O)/C(=C\c2cc(Br)c(OCC(=O)Nc3ccc(Cl)cc3)c(Br)c2)C1=O. The number of anilines is 2. The molecule has 1 saturated heterocycles. The van der Waals surface area contributed by atoms with Gasteiger partial charge in [-0.3, -0.25) is 19.7 Å². The maximum Gasteiger partial charge on any atom is 0.335 e. The Balaban J connectivity index is 1.54. The van der Waals surface area contributed by atoms with Crippen molar-refractivity contribution in [2.24, 2.45) is 0 Å². The van der Waals surface area contributed by atoms with Crippen molar-refractivity contribution in [1.29, 1.82) is 0 Å². The molecule has 5 amide bonds. The van der Waals surface area contributed by atoms with E-state index in [1.54, 1.807) is 61.5 Å². The van der Waals surface area contributed by atoms with E-state index in [4.69, 9.17) is 27.9 Å². The molecule has 8 nitrogen and oxygen atoms in total. The number of nitrogens with zero attached hydrogens (tertiary/aromatic N) is 1. The molecule has 0 aromatic heterocycles. The van der Waals surface area contributed by atoms with E-state index in [1.165, 1.54) is 6.08 Å². The second kappa shape index (κ2) is 11.7. The van der Waals surface area contributed by atoms with Gasteiger partial charge in [-0.1, -0.05) is 29.3 Å². The number of amides is 5. The predicted molar refractivity (Wildman–Crippen MR) is 153 cm³/mol. The van der Waals surface area contributed by atoms with Gasteiger partial charge in [0.05, 0.1) is 14.6 Å². The molecule has 0 unspecified atom stereocenters. The predicted octanol–water partition coefficient (Wildman–Crippen LogP) is 6.51. The highest BCUT2D eigenvalue weighted by molar-refractivity contribution is 9.11. The first-order chi connectivity index (χ1) is 18.0. The largest absolute Gasteiger partial charge is 0.481 e. The van der Waals surface area contributed by atoms with Crippen molar-refractivity contribution in [3.8, 4) is 5.75 Å². The number of hydrogen-bond acceptors (Lipinski definition) is 5.